The molecule has 3 nitrogen and oxygen atoms in total. The van der Waals surface area contributed by atoms with Crippen LogP contribution in [0.2, 0.25) is 0 Å². The second-order valence-corrected chi connectivity index (χ2v) is 3.93. The molecule has 4 heteroatoms. The van der Waals surface area contributed by atoms with Crippen LogP contribution in [0.15, 0.2) is 18.2 Å². The molecule has 0 saturated heterocycles. The minimum atomic E-state index is -0.126. The van der Waals surface area contributed by atoms with Gasteiger partial charge in [0.2, 0.25) is 0 Å². The zero-order chi connectivity index (χ0) is 9.84. The van der Waals surface area contributed by atoms with Crippen LogP contribution in [-0.2, 0) is 4.74 Å². The van der Waals surface area contributed by atoms with Gasteiger partial charge in [-0.3, -0.25) is 0 Å². The summed E-state index contributed by atoms with van der Waals surface area (Å²) < 4.78 is 5.75. The Kier molecular flexibility index (Phi) is 3.95. The number of hydrogen-bond donors (Lipinski definition) is 2. The summed E-state index contributed by atoms with van der Waals surface area (Å²) in [6.45, 7) is 0.487. The number of phenols is 1. The lowest BCUT2D eigenvalue weighted by Crippen LogP contribution is -2.15. The maximum Gasteiger partial charge on any atom is 0.128 e. The van der Waals surface area contributed by atoms with Gasteiger partial charge in [-0.25, -0.2) is 0 Å². The van der Waals surface area contributed by atoms with E-state index in [1.54, 1.807) is 19.2 Å². The molecule has 0 aliphatic heterocycles. The summed E-state index contributed by atoms with van der Waals surface area (Å²) in [6, 6.07) is 5.19. The smallest absolute Gasteiger partial charge is 0.128 e. The first-order valence-corrected chi connectivity index (χ1v) is 4.96. The minimum Gasteiger partial charge on any atom is -0.507 e. The number of ether oxygens (including phenoxy) is 1. The maximum atomic E-state index is 9.28. The Balaban J connectivity index is 2.84. The van der Waals surface area contributed by atoms with Gasteiger partial charge in [0.05, 0.1) is 16.2 Å². The summed E-state index contributed by atoms with van der Waals surface area (Å²) in [5.74, 6) is 0.286. The highest BCUT2D eigenvalue weighted by molar-refractivity contribution is 14.1. The van der Waals surface area contributed by atoms with Crippen molar-refractivity contribution in [1.29, 1.82) is 0 Å². The van der Waals surface area contributed by atoms with Crippen LogP contribution in [0.25, 0.3) is 0 Å². The van der Waals surface area contributed by atoms with Crippen molar-refractivity contribution in [3.8, 4) is 5.75 Å². The Morgan fingerprint density at radius 1 is 1.62 bits per heavy atom. The van der Waals surface area contributed by atoms with Gasteiger partial charge in [0, 0.05) is 7.11 Å². The lowest BCUT2D eigenvalue weighted by Gasteiger charge is -2.11. The van der Waals surface area contributed by atoms with Crippen LogP contribution in [0.4, 0.5) is 0 Å². The van der Waals surface area contributed by atoms with E-state index in [1.165, 1.54) is 0 Å². The number of rotatable bonds is 3. The molecule has 1 rings (SSSR count). The summed E-state index contributed by atoms with van der Waals surface area (Å²) in [5, 5.41) is 9.28. The molecule has 0 fully saturated rings. The SMILES string of the molecule is COCC(N)c1ccc(O)c(I)c1. The molecule has 0 radical (unpaired) electrons. The number of phenolic OH excluding ortho intramolecular Hbond substituents is 1. The third-order valence-electron chi connectivity index (χ3n) is 1.75. The number of halogens is 1. The van der Waals surface area contributed by atoms with E-state index in [9.17, 15) is 5.11 Å². The van der Waals surface area contributed by atoms with Gasteiger partial charge in [0.1, 0.15) is 5.75 Å². The monoisotopic (exact) mass is 293 g/mol. The predicted molar refractivity (Wildman–Crippen MR) is 59.6 cm³/mol. The van der Waals surface area contributed by atoms with Crippen molar-refractivity contribution < 1.29 is 9.84 Å². The fourth-order valence-electron chi connectivity index (χ4n) is 1.03. The first-order chi connectivity index (χ1) is 6.15. The van der Waals surface area contributed by atoms with Crippen molar-refractivity contribution in [3.63, 3.8) is 0 Å². The van der Waals surface area contributed by atoms with Gasteiger partial charge < -0.3 is 15.6 Å². The molecule has 0 amide bonds. The van der Waals surface area contributed by atoms with Crippen LogP contribution in [-0.4, -0.2) is 18.8 Å². The van der Waals surface area contributed by atoms with Crippen molar-refractivity contribution in [1.82, 2.24) is 0 Å². The Morgan fingerprint density at radius 2 is 2.31 bits per heavy atom. The maximum absolute atomic E-state index is 9.28. The molecule has 1 aromatic carbocycles. The van der Waals surface area contributed by atoms with Gasteiger partial charge in [-0.2, -0.15) is 0 Å². The van der Waals surface area contributed by atoms with E-state index in [-0.39, 0.29) is 11.8 Å². The van der Waals surface area contributed by atoms with Gasteiger partial charge in [0.15, 0.2) is 0 Å². The van der Waals surface area contributed by atoms with Gasteiger partial charge in [-0.15, -0.1) is 0 Å². The van der Waals surface area contributed by atoms with Gasteiger partial charge in [-0.05, 0) is 40.3 Å². The summed E-state index contributed by atoms with van der Waals surface area (Å²) in [7, 11) is 1.62. The number of methoxy groups -OCH3 is 1. The zero-order valence-corrected chi connectivity index (χ0v) is 9.48. The molecule has 72 valence electrons. The zero-order valence-electron chi connectivity index (χ0n) is 7.33. The van der Waals surface area contributed by atoms with Crippen LogP contribution < -0.4 is 5.73 Å². The molecule has 1 aromatic rings. The molecule has 1 unspecified atom stereocenters. The van der Waals surface area contributed by atoms with Crippen LogP contribution >= 0.6 is 22.6 Å². The van der Waals surface area contributed by atoms with E-state index in [1.807, 2.05) is 6.07 Å². The van der Waals surface area contributed by atoms with E-state index in [0.29, 0.717) is 6.61 Å². The van der Waals surface area contributed by atoms with Crippen LogP contribution in [0, 0.1) is 3.57 Å². The topological polar surface area (TPSA) is 55.5 Å². The molecule has 3 N–H and O–H groups in total. The molecule has 0 heterocycles. The molecule has 0 spiro atoms. The Bertz CT molecular complexity index is 291. The normalized spacial score (nSPS) is 12.8. The second kappa shape index (κ2) is 4.78. The molecule has 0 aromatic heterocycles. The van der Waals surface area contributed by atoms with Crippen molar-refractivity contribution in [2.45, 2.75) is 6.04 Å². The van der Waals surface area contributed by atoms with E-state index in [2.05, 4.69) is 22.6 Å². The van der Waals surface area contributed by atoms with Crippen LogP contribution in [0.5, 0.6) is 5.75 Å². The van der Waals surface area contributed by atoms with Gasteiger partial charge in [-0.1, -0.05) is 6.07 Å². The molecule has 0 aliphatic rings. The average Bonchev–Trinajstić information content (AvgIpc) is 2.10. The van der Waals surface area contributed by atoms with Crippen molar-refractivity contribution >= 4 is 22.6 Å². The predicted octanol–water partition coefficient (Wildman–Crippen LogP) is 1.64. The number of nitrogens with two attached hydrogens (primary N) is 1. The molecular weight excluding hydrogens is 281 g/mol. The Morgan fingerprint density at radius 3 is 2.85 bits per heavy atom. The Hall–Kier alpha value is -0.330. The molecule has 1 atom stereocenters. The van der Waals surface area contributed by atoms with E-state index in [4.69, 9.17) is 10.5 Å². The highest BCUT2D eigenvalue weighted by Crippen LogP contribution is 2.22. The van der Waals surface area contributed by atoms with Crippen molar-refractivity contribution in [2.75, 3.05) is 13.7 Å². The largest absolute Gasteiger partial charge is 0.507 e. The standard InChI is InChI=1S/C9H12INO2/c1-13-5-8(11)6-2-3-9(12)7(10)4-6/h2-4,8,12H,5,11H2,1H3. The summed E-state index contributed by atoms with van der Waals surface area (Å²) in [5.41, 5.74) is 6.79. The number of benzene rings is 1. The summed E-state index contributed by atoms with van der Waals surface area (Å²) in [6.07, 6.45) is 0. The number of hydrogen-bond acceptors (Lipinski definition) is 3. The Labute approximate surface area is 91.0 Å². The molecular formula is C9H12INO2. The highest BCUT2D eigenvalue weighted by Gasteiger charge is 2.07. The average molecular weight is 293 g/mol. The lowest BCUT2D eigenvalue weighted by molar-refractivity contribution is 0.181. The summed E-state index contributed by atoms with van der Waals surface area (Å²) in [4.78, 5) is 0. The van der Waals surface area contributed by atoms with E-state index < -0.39 is 0 Å². The minimum absolute atomic E-state index is 0.126. The third kappa shape index (κ3) is 2.82. The molecule has 0 bridgehead atoms. The molecule has 0 saturated carbocycles. The van der Waals surface area contributed by atoms with E-state index >= 15 is 0 Å². The first-order valence-electron chi connectivity index (χ1n) is 3.88. The fourth-order valence-corrected chi connectivity index (χ4v) is 1.57. The quantitative estimate of drug-likeness (QED) is 0.833. The van der Waals surface area contributed by atoms with Crippen LogP contribution in [0.3, 0.4) is 0 Å². The van der Waals surface area contributed by atoms with Crippen molar-refractivity contribution in [2.24, 2.45) is 5.73 Å². The third-order valence-corrected chi connectivity index (χ3v) is 2.61. The highest BCUT2D eigenvalue weighted by atomic mass is 127. The molecule has 0 aliphatic carbocycles. The lowest BCUT2D eigenvalue weighted by atomic mass is 10.1. The number of aromatic hydroxyl groups is 1. The second-order valence-electron chi connectivity index (χ2n) is 2.77. The molecule has 13 heavy (non-hydrogen) atoms. The fraction of sp³-hybridized carbons (Fsp3) is 0.333. The van der Waals surface area contributed by atoms with E-state index in [0.717, 1.165) is 9.13 Å². The summed E-state index contributed by atoms with van der Waals surface area (Å²) >= 11 is 2.07. The first kappa shape index (κ1) is 10.7. The van der Waals surface area contributed by atoms with Gasteiger partial charge >= 0.3 is 0 Å². The van der Waals surface area contributed by atoms with Crippen molar-refractivity contribution in [3.05, 3.63) is 27.3 Å². The van der Waals surface area contributed by atoms with Crippen LogP contribution in [0.1, 0.15) is 11.6 Å². The van der Waals surface area contributed by atoms with Gasteiger partial charge in [0.25, 0.3) is 0 Å².